The van der Waals surface area contributed by atoms with E-state index in [2.05, 4.69) is 26.8 Å². The van der Waals surface area contributed by atoms with Crippen LogP contribution < -0.4 is 20.6 Å². The molecule has 2 saturated heterocycles. The van der Waals surface area contributed by atoms with E-state index in [1.54, 1.807) is 22.6 Å². The van der Waals surface area contributed by atoms with Gasteiger partial charge in [-0.2, -0.15) is 4.98 Å². The standard InChI is InChI=1S/C29H33ClFN7O3/c1-5-22(39)36-12-17(3)37(13-16(36)2)28-19-11-20(30)23(24-21(31)7-8-33-27(24)32-4)26-25(19)38(29(40)34-28)18(15-41-26)14-35-9-6-10-35/h5,7-8,11,16-18H,1,6,9-10,12-15H2,2-4H3,(H,32,33)/t16-,17+,18?/m1/s1. The van der Waals surface area contributed by atoms with Crippen molar-refractivity contribution in [2.75, 3.05) is 56.6 Å². The number of anilines is 2. The van der Waals surface area contributed by atoms with Gasteiger partial charge in [0.05, 0.1) is 27.7 Å². The highest BCUT2D eigenvalue weighted by Gasteiger charge is 2.37. The first kappa shape index (κ1) is 27.5. The van der Waals surface area contributed by atoms with Crippen molar-refractivity contribution in [3.63, 3.8) is 0 Å². The van der Waals surface area contributed by atoms with Crippen molar-refractivity contribution in [3.8, 4) is 16.9 Å². The van der Waals surface area contributed by atoms with Crippen LogP contribution in [0.1, 0.15) is 26.3 Å². The summed E-state index contributed by atoms with van der Waals surface area (Å²) in [6.45, 7) is 11.3. The molecule has 1 unspecified atom stereocenters. The van der Waals surface area contributed by atoms with Crippen molar-refractivity contribution in [3.05, 3.63) is 52.3 Å². The van der Waals surface area contributed by atoms with Crippen molar-refractivity contribution in [1.82, 2.24) is 24.3 Å². The molecule has 6 rings (SSSR count). The third-order valence-electron chi connectivity index (χ3n) is 8.40. The molecule has 2 fully saturated rings. The minimum Gasteiger partial charge on any atom is -0.488 e. The highest BCUT2D eigenvalue weighted by molar-refractivity contribution is 6.35. The minimum absolute atomic E-state index is 0.136. The summed E-state index contributed by atoms with van der Waals surface area (Å²) >= 11 is 6.94. The number of piperazine rings is 1. The summed E-state index contributed by atoms with van der Waals surface area (Å²) in [7, 11) is 1.66. The number of aromatic nitrogens is 3. The van der Waals surface area contributed by atoms with Crippen LogP contribution in [0.25, 0.3) is 22.0 Å². The maximum Gasteiger partial charge on any atom is 0.350 e. The summed E-state index contributed by atoms with van der Waals surface area (Å²) in [5, 5.41) is 3.84. The van der Waals surface area contributed by atoms with Gasteiger partial charge in [-0.25, -0.2) is 14.2 Å². The lowest BCUT2D eigenvalue weighted by molar-refractivity contribution is -0.128. The fraction of sp³-hybridized carbons (Fsp3) is 0.448. The zero-order valence-corrected chi connectivity index (χ0v) is 24.1. The maximum atomic E-state index is 15.4. The predicted molar refractivity (Wildman–Crippen MR) is 158 cm³/mol. The average molecular weight is 582 g/mol. The second-order valence-corrected chi connectivity index (χ2v) is 11.4. The normalized spacial score (nSPS) is 22.3. The van der Waals surface area contributed by atoms with Crippen LogP contribution in [0.2, 0.25) is 5.02 Å². The van der Waals surface area contributed by atoms with Crippen LogP contribution in [-0.2, 0) is 4.79 Å². The van der Waals surface area contributed by atoms with Crippen LogP contribution in [0.5, 0.6) is 5.75 Å². The van der Waals surface area contributed by atoms with E-state index in [9.17, 15) is 9.59 Å². The van der Waals surface area contributed by atoms with Crippen molar-refractivity contribution in [1.29, 1.82) is 0 Å². The smallest absolute Gasteiger partial charge is 0.350 e. The number of hydrogen-bond acceptors (Lipinski definition) is 8. The van der Waals surface area contributed by atoms with E-state index in [1.807, 2.05) is 18.7 Å². The molecular weight excluding hydrogens is 549 g/mol. The van der Waals surface area contributed by atoms with Gasteiger partial charge in [0.25, 0.3) is 0 Å². The number of rotatable bonds is 6. The van der Waals surface area contributed by atoms with Crippen LogP contribution in [0, 0.1) is 5.82 Å². The monoisotopic (exact) mass is 581 g/mol. The molecule has 3 aliphatic rings. The zero-order chi connectivity index (χ0) is 29.0. The molecule has 2 aromatic heterocycles. The van der Waals surface area contributed by atoms with Gasteiger partial charge in [0.2, 0.25) is 5.91 Å². The molecule has 3 aromatic rings. The number of carbonyl (C=O) groups is 1. The summed E-state index contributed by atoms with van der Waals surface area (Å²) in [6.07, 6.45) is 3.82. The van der Waals surface area contributed by atoms with Gasteiger partial charge in [0.15, 0.2) is 5.75 Å². The van der Waals surface area contributed by atoms with E-state index >= 15 is 4.39 Å². The van der Waals surface area contributed by atoms with Gasteiger partial charge in [0, 0.05) is 50.3 Å². The molecule has 0 saturated carbocycles. The number of nitrogens with zero attached hydrogens (tertiary/aromatic N) is 6. The van der Waals surface area contributed by atoms with E-state index in [-0.39, 0.29) is 41.2 Å². The van der Waals surface area contributed by atoms with E-state index < -0.39 is 11.5 Å². The van der Waals surface area contributed by atoms with Crippen LogP contribution in [0.3, 0.4) is 0 Å². The predicted octanol–water partition coefficient (Wildman–Crippen LogP) is 3.54. The Kier molecular flexibility index (Phi) is 7.11. The molecule has 1 N–H and O–H groups in total. The average Bonchev–Trinajstić information content (AvgIpc) is 2.93. The Morgan fingerprint density at radius 3 is 2.73 bits per heavy atom. The fourth-order valence-corrected chi connectivity index (χ4v) is 6.51. The first-order valence-corrected chi connectivity index (χ1v) is 14.3. The topological polar surface area (TPSA) is 95.8 Å². The molecule has 3 atom stereocenters. The number of hydrogen-bond donors (Lipinski definition) is 1. The van der Waals surface area contributed by atoms with Gasteiger partial charge >= 0.3 is 5.69 Å². The first-order valence-electron chi connectivity index (χ1n) is 13.9. The highest BCUT2D eigenvalue weighted by Crippen LogP contribution is 2.48. The van der Waals surface area contributed by atoms with Gasteiger partial charge in [-0.05, 0) is 51.6 Å². The Labute approximate surface area is 242 Å². The number of nitrogens with one attached hydrogen (secondary N) is 1. The van der Waals surface area contributed by atoms with Gasteiger partial charge in [-0.15, -0.1) is 0 Å². The molecule has 0 bridgehead atoms. The van der Waals surface area contributed by atoms with Crippen molar-refractivity contribution in [2.24, 2.45) is 0 Å². The number of likely N-dealkylation sites (tertiary alicyclic amines) is 1. The molecule has 216 valence electrons. The lowest BCUT2D eigenvalue weighted by atomic mass is 9.99. The second kappa shape index (κ2) is 10.6. The Bertz CT molecular complexity index is 1610. The number of pyridine rings is 1. The zero-order valence-electron chi connectivity index (χ0n) is 23.4. The lowest BCUT2D eigenvalue weighted by Crippen LogP contribution is -2.58. The van der Waals surface area contributed by atoms with Gasteiger partial charge in [-0.1, -0.05) is 18.2 Å². The molecule has 10 nitrogen and oxygen atoms in total. The quantitative estimate of drug-likeness (QED) is 0.442. The van der Waals surface area contributed by atoms with Crippen LogP contribution in [0.15, 0.2) is 35.8 Å². The Morgan fingerprint density at radius 1 is 1.27 bits per heavy atom. The van der Waals surface area contributed by atoms with E-state index in [0.717, 1.165) is 19.5 Å². The molecule has 1 aromatic carbocycles. The Morgan fingerprint density at radius 2 is 2.05 bits per heavy atom. The molecule has 0 aliphatic carbocycles. The number of halogens is 2. The SMILES string of the molecule is C=CC(=O)N1C[C@H](C)N(c2nc(=O)n3c4c(c(-c5c(F)ccnc5NC)c(Cl)cc24)OCC3CN2CCC2)C[C@H]1C. The van der Waals surface area contributed by atoms with Crippen molar-refractivity contribution >= 4 is 40.0 Å². The fourth-order valence-electron chi connectivity index (χ4n) is 6.22. The molecule has 5 heterocycles. The molecule has 1 amide bonds. The van der Waals surface area contributed by atoms with Gasteiger partial charge in [0.1, 0.15) is 24.1 Å². The van der Waals surface area contributed by atoms with Crippen LogP contribution >= 0.6 is 11.6 Å². The van der Waals surface area contributed by atoms with Crippen molar-refractivity contribution in [2.45, 2.75) is 38.4 Å². The number of carbonyl (C=O) groups excluding carboxylic acids is 1. The first-order chi connectivity index (χ1) is 19.7. The molecular formula is C29H33ClFN7O3. The lowest BCUT2D eigenvalue weighted by Gasteiger charge is -2.45. The summed E-state index contributed by atoms with van der Waals surface area (Å²) in [5.74, 6) is 0.458. The Balaban J connectivity index is 1.58. The third kappa shape index (κ3) is 4.51. The largest absolute Gasteiger partial charge is 0.488 e. The summed E-state index contributed by atoms with van der Waals surface area (Å²) in [6, 6.07) is 2.46. The van der Waals surface area contributed by atoms with E-state index in [0.29, 0.717) is 53.5 Å². The van der Waals surface area contributed by atoms with Gasteiger partial charge in [-0.3, -0.25) is 9.36 Å². The molecule has 12 heteroatoms. The molecule has 0 radical (unpaired) electrons. The number of ether oxygens (including phenoxy) is 1. The number of amides is 1. The van der Waals surface area contributed by atoms with Gasteiger partial charge < -0.3 is 24.8 Å². The van der Waals surface area contributed by atoms with E-state index in [4.69, 9.17) is 16.3 Å². The summed E-state index contributed by atoms with van der Waals surface area (Å²) < 4.78 is 23.5. The summed E-state index contributed by atoms with van der Waals surface area (Å²) in [4.78, 5) is 41.4. The van der Waals surface area contributed by atoms with E-state index in [1.165, 1.54) is 18.3 Å². The van der Waals surface area contributed by atoms with Crippen LogP contribution in [-0.4, -0.2) is 88.7 Å². The third-order valence-corrected chi connectivity index (χ3v) is 8.70. The maximum absolute atomic E-state index is 15.4. The highest BCUT2D eigenvalue weighted by atomic mass is 35.5. The Hall–Kier alpha value is -3.70. The van der Waals surface area contributed by atoms with Crippen molar-refractivity contribution < 1.29 is 13.9 Å². The molecule has 0 spiro atoms. The summed E-state index contributed by atoms with van der Waals surface area (Å²) in [5.41, 5.74) is 0.644. The second-order valence-electron chi connectivity index (χ2n) is 11.0. The minimum atomic E-state index is -0.512. The van der Waals surface area contributed by atoms with Crippen LogP contribution in [0.4, 0.5) is 16.0 Å². The molecule has 3 aliphatic heterocycles. The molecule has 41 heavy (non-hydrogen) atoms. The number of benzene rings is 1.